The third kappa shape index (κ3) is 4.63. The van der Waals surface area contributed by atoms with Crippen LogP contribution in [0, 0.1) is 10.1 Å². The van der Waals surface area contributed by atoms with E-state index in [0.29, 0.717) is 34.7 Å². The number of alkyl halides is 1. The highest BCUT2D eigenvalue weighted by molar-refractivity contribution is 6.17. The summed E-state index contributed by atoms with van der Waals surface area (Å²) in [7, 11) is 0. The van der Waals surface area contributed by atoms with Crippen molar-refractivity contribution >= 4 is 28.9 Å². The minimum absolute atomic E-state index is 0.0711. The summed E-state index contributed by atoms with van der Waals surface area (Å²) in [6, 6.07) is 6.13. The Labute approximate surface area is 163 Å². The Hall–Kier alpha value is -2.47. The fourth-order valence-corrected chi connectivity index (χ4v) is 3.71. The fraction of sp³-hybridized carbons (Fsp3) is 0.400. The number of benzene rings is 1. The second-order valence-electron chi connectivity index (χ2n) is 6.60. The van der Waals surface area contributed by atoms with E-state index in [9.17, 15) is 19.7 Å². The van der Waals surface area contributed by atoms with Crippen molar-refractivity contribution in [3.63, 3.8) is 0 Å². The number of unbranched alkanes of at least 4 members (excludes halogenated alkanes) is 1. The van der Waals surface area contributed by atoms with Gasteiger partial charge in [-0.15, -0.1) is 11.6 Å². The van der Waals surface area contributed by atoms with E-state index in [4.69, 9.17) is 11.6 Å². The molecule has 1 atom stereocenters. The maximum atomic E-state index is 12.5. The van der Waals surface area contributed by atoms with Crippen molar-refractivity contribution in [1.82, 2.24) is 5.32 Å². The Morgan fingerprint density at radius 3 is 2.41 bits per heavy atom. The quantitative estimate of drug-likeness (QED) is 0.307. The molecule has 1 aromatic carbocycles. The van der Waals surface area contributed by atoms with Crippen LogP contribution in [0.1, 0.15) is 51.5 Å². The van der Waals surface area contributed by atoms with Crippen LogP contribution in [0.15, 0.2) is 46.8 Å². The van der Waals surface area contributed by atoms with E-state index >= 15 is 0 Å². The third-order valence-electron chi connectivity index (χ3n) is 4.63. The van der Waals surface area contributed by atoms with Crippen LogP contribution < -0.4 is 5.32 Å². The highest BCUT2D eigenvalue weighted by Gasteiger charge is 2.34. The summed E-state index contributed by atoms with van der Waals surface area (Å²) in [5, 5.41) is 14.4. The average molecular weight is 391 g/mol. The van der Waals surface area contributed by atoms with Gasteiger partial charge >= 0.3 is 0 Å². The molecule has 1 aromatic rings. The number of nitro groups is 1. The first kappa shape index (κ1) is 20.8. The van der Waals surface area contributed by atoms with Gasteiger partial charge in [0.15, 0.2) is 11.6 Å². The molecule has 1 heterocycles. The number of hydrogen-bond donors (Lipinski definition) is 1. The van der Waals surface area contributed by atoms with Crippen LogP contribution in [0.2, 0.25) is 0 Å². The monoisotopic (exact) mass is 390 g/mol. The zero-order valence-corrected chi connectivity index (χ0v) is 16.4. The number of carbonyl (C=O) groups excluding carboxylic acids is 2. The van der Waals surface area contributed by atoms with Crippen LogP contribution in [0.4, 0.5) is 5.69 Å². The molecule has 1 aliphatic rings. The van der Waals surface area contributed by atoms with E-state index in [1.54, 1.807) is 19.1 Å². The Bertz CT molecular complexity index is 842. The number of dihydropyridines is 1. The van der Waals surface area contributed by atoms with Gasteiger partial charge in [0.05, 0.1) is 4.92 Å². The molecule has 1 aliphatic heterocycles. The molecule has 2 rings (SSSR count). The SMILES string of the molecule is CC(=O)C1=C(C)NC(CCCCCl)=C(C(C)=O)C1c1cccc([N+](=O)[O-])c1. The zero-order chi connectivity index (χ0) is 20.1. The Morgan fingerprint density at radius 1 is 1.19 bits per heavy atom. The molecule has 144 valence electrons. The van der Waals surface area contributed by atoms with Crippen LogP contribution in [0.25, 0.3) is 0 Å². The van der Waals surface area contributed by atoms with Crippen molar-refractivity contribution in [3.05, 3.63) is 62.5 Å². The van der Waals surface area contributed by atoms with Gasteiger partial charge in [0, 0.05) is 46.5 Å². The van der Waals surface area contributed by atoms with Gasteiger partial charge in [-0.05, 0) is 45.6 Å². The highest BCUT2D eigenvalue weighted by Crippen LogP contribution is 2.40. The predicted octanol–water partition coefficient (Wildman–Crippen LogP) is 4.40. The van der Waals surface area contributed by atoms with Crippen LogP contribution in [-0.2, 0) is 9.59 Å². The summed E-state index contributed by atoms with van der Waals surface area (Å²) in [6.45, 7) is 4.70. The van der Waals surface area contributed by atoms with Gasteiger partial charge in [0.1, 0.15) is 0 Å². The van der Waals surface area contributed by atoms with E-state index in [1.807, 2.05) is 0 Å². The fourth-order valence-electron chi connectivity index (χ4n) is 3.52. The Morgan fingerprint density at radius 2 is 1.85 bits per heavy atom. The molecule has 0 saturated heterocycles. The number of ketones is 2. The van der Waals surface area contributed by atoms with Gasteiger partial charge in [0.25, 0.3) is 5.69 Å². The van der Waals surface area contributed by atoms with Crippen molar-refractivity contribution in [3.8, 4) is 0 Å². The first-order valence-corrected chi connectivity index (χ1v) is 9.34. The third-order valence-corrected chi connectivity index (χ3v) is 4.90. The van der Waals surface area contributed by atoms with Crippen molar-refractivity contribution in [2.45, 2.75) is 46.0 Å². The lowest BCUT2D eigenvalue weighted by Gasteiger charge is -2.31. The van der Waals surface area contributed by atoms with Crippen molar-refractivity contribution < 1.29 is 14.5 Å². The van der Waals surface area contributed by atoms with E-state index in [1.165, 1.54) is 26.0 Å². The molecule has 0 spiro atoms. The van der Waals surface area contributed by atoms with E-state index < -0.39 is 10.8 Å². The molecule has 0 saturated carbocycles. The average Bonchev–Trinajstić information content (AvgIpc) is 2.60. The van der Waals surface area contributed by atoms with Crippen molar-refractivity contribution in [1.29, 1.82) is 0 Å². The number of allylic oxidation sites excluding steroid dienone is 4. The van der Waals surface area contributed by atoms with Gasteiger partial charge in [-0.2, -0.15) is 0 Å². The van der Waals surface area contributed by atoms with Gasteiger partial charge in [-0.25, -0.2) is 0 Å². The Balaban J connectivity index is 2.65. The molecule has 0 fully saturated rings. The van der Waals surface area contributed by atoms with Crippen LogP contribution in [0.5, 0.6) is 0 Å². The summed E-state index contributed by atoms with van der Waals surface area (Å²) >= 11 is 5.76. The number of carbonyl (C=O) groups is 2. The van der Waals surface area contributed by atoms with Crippen LogP contribution in [-0.4, -0.2) is 22.4 Å². The number of non-ortho nitro benzene ring substituents is 1. The first-order valence-electron chi connectivity index (χ1n) is 8.81. The van der Waals surface area contributed by atoms with Gasteiger partial charge in [-0.1, -0.05) is 12.1 Å². The number of nitrogens with one attached hydrogen (secondary N) is 1. The maximum absolute atomic E-state index is 12.5. The van der Waals surface area contributed by atoms with Gasteiger partial charge in [0.2, 0.25) is 0 Å². The standard InChI is InChI=1S/C20H23ClN2O4/c1-12-18(13(2)24)20(15-7-6-8-16(11-15)23(26)27)19(14(3)25)17(22-12)9-4-5-10-21/h6-8,11,20,22H,4-5,9-10H2,1-3H3. The zero-order valence-electron chi connectivity index (χ0n) is 15.7. The summed E-state index contributed by atoms with van der Waals surface area (Å²) in [4.78, 5) is 35.6. The molecule has 0 radical (unpaired) electrons. The number of rotatable bonds is 8. The van der Waals surface area contributed by atoms with E-state index in [-0.39, 0.29) is 17.3 Å². The first-order chi connectivity index (χ1) is 12.8. The van der Waals surface area contributed by atoms with Crippen LogP contribution in [0.3, 0.4) is 0 Å². The lowest BCUT2D eigenvalue weighted by atomic mass is 9.77. The van der Waals surface area contributed by atoms with Crippen molar-refractivity contribution in [2.24, 2.45) is 0 Å². The molecule has 0 aliphatic carbocycles. The predicted molar refractivity (Wildman–Crippen MR) is 105 cm³/mol. The molecule has 27 heavy (non-hydrogen) atoms. The maximum Gasteiger partial charge on any atom is 0.269 e. The smallest absolute Gasteiger partial charge is 0.269 e. The highest BCUT2D eigenvalue weighted by atomic mass is 35.5. The second kappa shape index (κ2) is 8.95. The summed E-state index contributed by atoms with van der Waals surface area (Å²) in [5.41, 5.74) is 2.87. The molecule has 6 nitrogen and oxygen atoms in total. The molecule has 1 unspecified atom stereocenters. The minimum atomic E-state index is -0.618. The molecule has 7 heteroatoms. The van der Waals surface area contributed by atoms with Gasteiger partial charge in [-0.3, -0.25) is 19.7 Å². The summed E-state index contributed by atoms with van der Waals surface area (Å²) < 4.78 is 0. The number of Topliss-reactive ketones (excluding diaryl/α,β-unsaturated/α-hetero) is 2. The second-order valence-corrected chi connectivity index (χ2v) is 6.98. The lowest BCUT2D eigenvalue weighted by Crippen LogP contribution is -2.31. The lowest BCUT2D eigenvalue weighted by molar-refractivity contribution is -0.384. The normalized spacial score (nSPS) is 17.0. The molecular formula is C20H23ClN2O4. The molecule has 0 amide bonds. The summed E-state index contributed by atoms with van der Waals surface area (Å²) in [6.07, 6.45) is 2.23. The number of nitro benzene ring substituents is 1. The molecule has 0 bridgehead atoms. The molecule has 1 N–H and O–H groups in total. The topological polar surface area (TPSA) is 89.3 Å². The van der Waals surface area contributed by atoms with E-state index in [2.05, 4.69) is 5.32 Å². The summed E-state index contributed by atoms with van der Waals surface area (Å²) in [5.74, 6) is -0.418. The minimum Gasteiger partial charge on any atom is -0.362 e. The van der Waals surface area contributed by atoms with Crippen LogP contribution >= 0.6 is 11.6 Å². The van der Waals surface area contributed by atoms with Crippen molar-refractivity contribution in [2.75, 3.05) is 5.88 Å². The Kier molecular flexibility index (Phi) is 6.91. The molecule has 0 aromatic heterocycles. The number of nitrogens with zero attached hydrogens (tertiary/aromatic N) is 1. The largest absolute Gasteiger partial charge is 0.362 e. The van der Waals surface area contributed by atoms with E-state index in [0.717, 1.165) is 18.5 Å². The number of hydrogen-bond acceptors (Lipinski definition) is 5. The number of halogens is 1. The molecular weight excluding hydrogens is 368 g/mol. The van der Waals surface area contributed by atoms with Gasteiger partial charge < -0.3 is 5.32 Å².